The molecule has 186 valence electrons. The summed E-state index contributed by atoms with van der Waals surface area (Å²) >= 11 is 0. The van der Waals surface area contributed by atoms with Crippen LogP contribution in [0.15, 0.2) is 42.5 Å². The van der Waals surface area contributed by atoms with Gasteiger partial charge in [-0.05, 0) is 41.8 Å². The molecule has 2 N–H and O–H groups in total. The molecule has 34 heavy (non-hydrogen) atoms. The second kappa shape index (κ2) is 12.8. The Bertz CT molecular complexity index is 928. The highest BCUT2D eigenvalue weighted by molar-refractivity contribution is 5.79. The first kappa shape index (κ1) is 26.0. The predicted octanol–water partition coefficient (Wildman–Crippen LogP) is 2.16. The zero-order chi connectivity index (χ0) is 24.5. The summed E-state index contributed by atoms with van der Waals surface area (Å²) in [4.78, 5) is 16.9. The summed E-state index contributed by atoms with van der Waals surface area (Å²) in [6.07, 6.45) is 0.822. The molecular formula is C25H32F2N2O5. The quantitative estimate of drug-likeness (QED) is 0.487. The molecule has 1 fully saturated rings. The minimum atomic E-state index is -0.978. The maximum absolute atomic E-state index is 13.6. The average molecular weight is 479 g/mol. The third-order valence-electron chi connectivity index (χ3n) is 5.93. The second-order valence-electron chi connectivity index (χ2n) is 8.35. The van der Waals surface area contributed by atoms with Crippen LogP contribution in [0.2, 0.25) is 0 Å². The molecular weight excluding hydrogens is 446 g/mol. The summed E-state index contributed by atoms with van der Waals surface area (Å²) in [6.45, 7) is 2.44. The summed E-state index contributed by atoms with van der Waals surface area (Å²) in [6, 6.07) is 10.6. The fraction of sp³-hybridized carbons (Fsp3) is 0.480. The van der Waals surface area contributed by atoms with Gasteiger partial charge in [-0.25, -0.2) is 8.78 Å². The number of hydrogen-bond donors (Lipinski definition) is 2. The summed E-state index contributed by atoms with van der Waals surface area (Å²) in [5.41, 5.74) is 1.30. The number of amides is 1. The molecule has 1 aliphatic rings. The van der Waals surface area contributed by atoms with Crippen LogP contribution in [-0.4, -0.2) is 85.1 Å². The van der Waals surface area contributed by atoms with Crippen molar-refractivity contribution in [3.8, 4) is 5.75 Å². The van der Waals surface area contributed by atoms with E-state index in [0.717, 1.165) is 30.7 Å². The second-order valence-corrected chi connectivity index (χ2v) is 8.35. The summed E-state index contributed by atoms with van der Waals surface area (Å²) in [5, 5.41) is 17.9. The van der Waals surface area contributed by atoms with E-state index in [4.69, 9.17) is 19.7 Å². The van der Waals surface area contributed by atoms with Gasteiger partial charge >= 0.3 is 0 Å². The van der Waals surface area contributed by atoms with Crippen molar-refractivity contribution in [2.24, 2.45) is 0 Å². The number of hydrogen-bond acceptors (Lipinski definition) is 6. The number of aliphatic hydroxyl groups excluding tert-OH is 2. The fourth-order valence-electron chi connectivity index (χ4n) is 4.09. The Labute approximate surface area is 198 Å². The highest BCUT2D eigenvalue weighted by Gasteiger charge is 2.29. The first-order chi connectivity index (χ1) is 16.4. The van der Waals surface area contributed by atoms with Crippen molar-refractivity contribution in [2.45, 2.75) is 25.0 Å². The van der Waals surface area contributed by atoms with Crippen LogP contribution in [0.3, 0.4) is 0 Å². The van der Waals surface area contributed by atoms with Crippen LogP contribution in [0.25, 0.3) is 0 Å². The van der Waals surface area contributed by atoms with E-state index in [-0.39, 0.29) is 44.3 Å². The lowest BCUT2D eigenvalue weighted by molar-refractivity contribution is -0.131. The molecule has 0 aromatic heterocycles. The van der Waals surface area contributed by atoms with Crippen LogP contribution in [0.1, 0.15) is 23.6 Å². The van der Waals surface area contributed by atoms with Crippen molar-refractivity contribution in [1.82, 2.24) is 9.80 Å². The van der Waals surface area contributed by atoms with Gasteiger partial charge in [0.2, 0.25) is 5.91 Å². The fourth-order valence-corrected chi connectivity index (χ4v) is 4.09. The van der Waals surface area contributed by atoms with Gasteiger partial charge in [-0.2, -0.15) is 0 Å². The van der Waals surface area contributed by atoms with Crippen LogP contribution in [0, 0.1) is 11.6 Å². The number of ether oxygens (including phenoxy) is 2. The van der Waals surface area contributed by atoms with Crippen molar-refractivity contribution in [3.05, 3.63) is 65.2 Å². The van der Waals surface area contributed by atoms with Crippen molar-refractivity contribution in [3.63, 3.8) is 0 Å². The normalized spacial score (nSPS) is 17.0. The molecule has 0 saturated carbocycles. The minimum absolute atomic E-state index is 0.0228. The van der Waals surface area contributed by atoms with Gasteiger partial charge in [0.1, 0.15) is 12.4 Å². The summed E-state index contributed by atoms with van der Waals surface area (Å²) in [7, 11) is 1.71. The summed E-state index contributed by atoms with van der Waals surface area (Å²) < 4.78 is 38.0. The van der Waals surface area contributed by atoms with E-state index in [1.54, 1.807) is 24.1 Å². The lowest BCUT2D eigenvalue weighted by Gasteiger charge is -2.32. The lowest BCUT2D eigenvalue weighted by Crippen LogP contribution is -2.39. The molecule has 7 nitrogen and oxygen atoms in total. The highest BCUT2D eigenvalue weighted by Crippen LogP contribution is 2.26. The van der Waals surface area contributed by atoms with Crippen LogP contribution >= 0.6 is 0 Å². The van der Waals surface area contributed by atoms with E-state index in [1.807, 2.05) is 12.1 Å². The molecule has 0 spiro atoms. The van der Waals surface area contributed by atoms with Gasteiger partial charge in [-0.1, -0.05) is 18.2 Å². The maximum Gasteiger partial charge on any atom is 0.227 e. The Morgan fingerprint density at radius 1 is 1.12 bits per heavy atom. The highest BCUT2D eigenvalue weighted by atomic mass is 19.2. The van der Waals surface area contributed by atoms with Gasteiger partial charge < -0.3 is 24.6 Å². The molecule has 2 aromatic carbocycles. The van der Waals surface area contributed by atoms with Gasteiger partial charge in [0.25, 0.3) is 0 Å². The number of likely N-dealkylation sites (tertiary alicyclic amines) is 1. The topological polar surface area (TPSA) is 82.5 Å². The molecule has 0 unspecified atom stereocenters. The molecule has 2 aromatic rings. The molecule has 3 rings (SSSR count). The van der Waals surface area contributed by atoms with Gasteiger partial charge in [0.15, 0.2) is 11.6 Å². The monoisotopic (exact) mass is 478 g/mol. The van der Waals surface area contributed by atoms with Crippen LogP contribution in [0.4, 0.5) is 8.78 Å². The van der Waals surface area contributed by atoms with E-state index < -0.39 is 11.6 Å². The molecule has 0 aliphatic carbocycles. The minimum Gasteiger partial charge on any atom is -0.491 e. The lowest BCUT2D eigenvalue weighted by atomic mass is 10.0. The Kier molecular flexibility index (Phi) is 9.76. The zero-order valence-electron chi connectivity index (χ0n) is 19.3. The predicted molar refractivity (Wildman–Crippen MR) is 122 cm³/mol. The van der Waals surface area contributed by atoms with Gasteiger partial charge in [0.05, 0.1) is 38.4 Å². The molecule has 0 bridgehead atoms. The molecule has 2 atom stereocenters. The van der Waals surface area contributed by atoms with E-state index >= 15 is 0 Å². The van der Waals surface area contributed by atoms with Crippen molar-refractivity contribution >= 4 is 5.91 Å². The number of carbonyl (C=O) groups excluding carboxylic acids is 1. The standard InChI is InChI=1S/C25H32F2N2O5/c1-28(25(32)15-18-2-7-22(26)23(27)14-18)24(17-29-9-8-21(16-29)34-13-11-31)19-3-5-20(6-4-19)33-12-10-30/h2-7,14,21,24,30-31H,8-13,15-17H2,1H3/t21-,24+/m0/s1. The van der Waals surface area contributed by atoms with Crippen molar-refractivity contribution < 1.29 is 33.3 Å². The first-order valence-electron chi connectivity index (χ1n) is 11.4. The summed E-state index contributed by atoms with van der Waals surface area (Å²) in [5.74, 6) is -1.53. The Morgan fingerprint density at radius 3 is 2.53 bits per heavy atom. The molecule has 1 amide bonds. The van der Waals surface area contributed by atoms with Crippen LogP contribution in [0.5, 0.6) is 5.75 Å². The average Bonchev–Trinajstić information content (AvgIpc) is 3.29. The smallest absolute Gasteiger partial charge is 0.227 e. The number of nitrogens with zero attached hydrogens (tertiary/aromatic N) is 2. The molecule has 1 aliphatic heterocycles. The number of aliphatic hydroxyl groups is 2. The van der Waals surface area contributed by atoms with E-state index in [9.17, 15) is 13.6 Å². The Morgan fingerprint density at radius 2 is 1.85 bits per heavy atom. The molecule has 1 saturated heterocycles. The molecule has 1 heterocycles. The Balaban J connectivity index is 1.74. The number of rotatable bonds is 12. The van der Waals surface area contributed by atoms with E-state index in [1.165, 1.54) is 6.07 Å². The first-order valence-corrected chi connectivity index (χ1v) is 11.4. The van der Waals surface area contributed by atoms with Gasteiger partial charge in [-0.15, -0.1) is 0 Å². The largest absolute Gasteiger partial charge is 0.491 e. The third kappa shape index (κ3) is 7.20. The Hall–Kier alpha value is -2.59. The number of benzene rings is 2. The molecule has 9 heteroatoms. The van der Waals surface area contributed by atoms with Crippen LogP contribution < -0.4 is 4.74 Å². The van der Waals surface area contributed by atoms with E-state index in [2.05, 4.69) is 4.90 Å². The third-order valence-corrected chi connectivity index (χ3v) is 5.93. The van der Waals surface area contributed by atoms with E-state index in [0.29, 0.717) is 31.0 Å². The maximum atomic E-state index is 13.6. The van der Waals surface area contributed by atoms with Crippen molar-refractivity contribution in [2.75, 3.05) is 53.1 Å². The van der Waals surface area contributed by atoms with Gasteiger partial charge in [0, 0.05) is 26.7 Å². The van der Waals surface area contributed by atoms with Crippen LogP contribution in [-0.2, 0) is 16.0 Å². The number of halogens is 2. The van der Waals surface area contributed by atoms with Crippen molar-refractivity contribution in [1.29, 1.82) is 0 Å². The zero-order valence-corrected chi connectivity index (χ0v) is 19.3. The molecule has 0 radical (unpaired) electrons. The number of carbonyl (C=O) groups is 1. The number of likely N-dealkylation sites (N-methyl/N-ethyl adjacent to an activating group) is 1. The van der Waals surface area contributed by atoms with Gasteiger partial charge in [-0.3, -0.25) is 9.69 Å². The SMILES string of the molecule is CN(C(=O)Cc1ccc(F)c(F)c1)[C@H](CN1CC[C@H](OCCO)C1)c1ccc(OCCO)cc1.